The minimum absolute atomic E-state index is 0.00727. The number of carbonyl (C=O) groups is 1. The van der Waals surface area contributed by atoms with Crippen LogP contribution in [0.3, 0.4) is 0 Å². The summed E-state index contributed by atoms with van der Waals surface area (Å²) in [5, 5.41) is 10.6. The van der Waals surface area contributed by atoms with Gasteiger partial charge in [0, 0.05) is 24.4 Å². The summed E-state index contributed by atoms with van der Waals surface area (Å²) in [5.74, 6) is 0.315. The number of ether oxygens (including phenoxy) is 1. The fourth-order valence-electron chi connectivity index (χ4n) is 2.48. The van der Waals surface area contributed by atoms with Crippen LogP contribution in [-0.4, -0.2) is 24.0 Å². The first kappa shape index (κ1) is 14.1. The van der Waals surface area contributed by atoms with Gasteiger partial charge in [0.25, 0.3) is 11.6 Å². The van der Waals surface area contributed by atoms with Crippen molar-refractivity contribution >= 4 is 17.3 Å². The Balaban J connectivity index is 1.62. The van der Waals surface area contributed by atoms with Gasteiger partial charge in [-0.25, -0.2) is 0 Å². The lowest BCUT2D eigenvalue weighted by Crippen LogP contribution is -2.33. The van der Waals surface area contributed by atoms with Gasteiger partial charge in [-0.3, -0.25) is 14.9 Å². The van der Waals surface area contributed by atoms with Gasteiger partial charge in [0.15, 0.2) is 6.61 Å². The fourth-order valence-corrected chi connectivity index (χ4v) is 2.48. The predicted octanol–water partition coefficient (Wildman–Crippen LogP) is 2.56. The van der Waals surface area contributed by atoms with Crippen LogP contribution in [0.4, 0.5) is 11.4 Å². The van der Waals surface area contributed by atoms with Gasteiger partial charge in [-0.1, -0.05) is 18.2 Å². The molecular formula is C16H14N2O4. The van der Waals surface area contributed by atoms with E-state index in [1.807, 2.05) is 24.3 Å². The van der Waals surface area contributed by atoms with Gasteiger partial charge in [0.1, 0.15) is 5.75 Å². The Morgan fingerprint density at radius 1 is 1.18 bits per heavy atom. The van der Waals surface area contributed by atoms with Crippen LogP contribution in [0, 0.1) is 10.1 Å². The topological polar surface area (TPSA) is 72.7 Å². The van der Waals surface area contributed by atoms with Crippen molar-refractivity contribution in [3.05, 3.63) is 64.2 Å². The number of non-ortho nitro benzene ring substituents is 1. The second-order valence-corrected chi connectivity index (χ2v) is 4.96. The Labute approximate surface area is 127 Å². The van der Waals surface area contributed by atoms with Crippen LogP contribution >= 0.6 is 0 Å². The highest BCUT2D eigenvalue weighted by Gasteiger charge is 2.24. The number of hydrogen-bond donors (Lipinski definition) is 0. The molecule has 0 spiro atoms. The number of amides is 1. The van der Waals surface area contributed by atoms with Crippen molar-refractivity contribution in [3.8, 4) is 5.75 Å². The summed E-state index contributed by atoms with van der Waals surface area (Å²) in [4.78, 5) is 24.1. The Hall–Kier alpha value is -2.89. The van der Waals surface area contributed by atoms with E-state index >= 15 is 0 Å². The number of carbonyl (C=O) groups excluding carboxylic acids is 1. The quantitative estimate of drug-likeness (QED) is 0.642. The van der Waals surface area contributed by atoms with Gasteiger partial charge in [-0.05, 0) is 30.2 Å². The monoisotopic (exact) mass is 298 g/mol. The summed E-state index contributed by atoms with van der Waals surface area (Å²) in [6.45, 7) is 0.563. The number of nitro benzene ring substituents is 1. The molecule has 0 atom stereocenters. The molecule has 0 saturated carbocycles. The maximum absolute atomic E-state index is 12.2. The molecule has 0 N–H and O–H groups in total. The smallest absolute Gasteiger partial charge is 0.269 e. The highest BCUT2D eigenvalue weighted by atomic mass is 16.6. The van der Waals surface area contributed by atoms with E-state index < -0.39 is 4.92 Å². The zero-order valence-electron chi connectivity index (χ0n) is 11.8. The van der Waals surface area contributed by atoms with Gasteiger partial charge >= 0.3 is 0 Å². The standard InChI is InChI=1S/C16H14N2O4/c19-16(17-10-9-12-3-1-2-4-15(12)17)11-22-14-7-5-13(6-8-14)18(20)21/h1-8H,9-11H2. The molecule has 22 heavy (non-hydrogen) atoms. The van der Waals surface area contributed by atoms with Crippen LogP contribution in [0.5, 0.6) is 5.75 Å². The summed E-state index contributed by atoms with van der Waals surface area (Å²) in [7, 11) is 0. The molecule has 1 aliphatic heterocycles. The molecule has 0 unspecified atom stereocenters. The van der Waals surface area contributed by atoms with Crippen LogP contribution in [0.15, 0.2) is 48.5 Å². The summed E-state index contributed by atoms with van der Waals surface area (Å²) in [5.41, 5.74) is 2.08. The molecule has 0 aromatic heterocycles. The lowest BCUT2D eigenvalue weighted by atomic mass is 10.2. The van der Waals surface area contributed by atoms with E-state index in [9.17, 15) is 14.9 Å². The second kappa shape index (κ2) is 5.85. The molecule has 1 amide bonds. The third kappa shape index (κ3) is 2.76. The molecule has 0 radical (unpaired) electrons. The number of nitro groups is 1. The van der Waals surface area contributed by atoms with E-state index in [-0.39, 0.29) is 18.2 Å². The Morgan fingerprint density at radius 2 is 1.91 bits per heavy atom. The minimum Gasteiger partial charge on any atom is -0.484 e. The zero-order chi connectivity index (χ0) is 15.5. The Kier molecular flexibility index (Phi) is 3.74. The molecule has 2 aromatic carbocycles. The molecule has 3 rings (SSSR count). The van der Waals surface area contributed by atoms with Crippen LogP contribution in [0.1, 0.15) is 5.56 Å². The van der Waals surface area contributed by atoms with Crippen molar-refractivity contribution in [3.63, 3.8) is 0 Å². The van der Waals surface area contributed by atoms with Crippen molar-refractivity contribution in [1.29, 1.82) is 0 Å². The molecule has 0 aliphatic carbocycles. The first-order chi connectivity index (χ1) is 10.6. The summed E-state index contributed by atoms with van der Waals surface area (Å²) in [6.07, 6.45) is 0.847. The maximum Gasteiger partial charge on any atom is 0.269 e. The van der Waals surface area contributed by atoms with E-state index in [1.165, 1.54) is 24.3 Å². The second-order valence-electron chi connectivity index (χ2n) is 4.96. The van der Waals surface area contributed by atoms with E-state index in [0.717, 1.165) is 17.7 Å². The van der Waals surface area contributed by atoms with E-state index in [1.54, 1.807) is 4.90 Å². The van der Waals surface area contributed by atoms with Crippen molar-refractivity contribution in [2.75, 3.05) is 18.1 Å². The van der Waals surface area contributed by atoms with E-state index in [2.05, 4.69) is 0 Å². The summed E-state index contributed by atoms with van der Waals surface area (Å²) >= 11 is 0. The summed E-state index contributed by atoms with van der Waals surface area (Å²) < 4.78 is 5.42. The number of rotatable bonds is 4. The van der Waals surface area contributed by atoms with Crippen LogP contribution in [0.25, 0.3) is 0 Å². The van der Waals surface area contributed by atoms with E-state index in [4.69, 9.17) is 4.74 Å². The number of fused-ring (bicyclic) bond motifs is 1. The van der Waals surface area contributed by atoms with Crippen LogP contribution in [-0.2, 0) is 11.2 Å². The Morgan fingerprint density at radius 3 is 2.64 bits per heavy atom. The largest absolute Gasteiger partial charge is 0.484 e. The maximum atomic E-state index is 12.2. The van der Waals surface area contributed by atoms with Gasteiger partial charge in [-0.15, -0.1) is 0 Å². The Bertz CT molecular complexity index is 712. The highest BCUT2D eigenvalue weighted by molar-refractivity contribution is 5.96. The van der Waals surface area contributed by atoms with Crippen LogP contribution < -0.4 is 9.64 Å². The SMILES string of the molecule is O=C(COc1ccc([N+](=O)[O-])cc1)N1CCc2ccccc21. The van der Waals surface area contributed by atoms with Gasteiger partial charge in [0.05, 0.1) is 4.92 Å². The van der Waals surface area contributed by atoms with Crippen molar-refractivity contribution < 1.29 is 14.5 Å². The summed E-state index contributed by atoms with van der Waals surface area (Å²) in [6, 6.07) is 13.5. The van der Waals surface area contributed by atoms with Gasteiger partial charge in [-0.2, -0.15) is 0 Å². The van der Waals surface area contributed by atoms with Crippen molar-refractivity contribution in [2.45, 2.75) is 6.42 Å². The molecule has 6 nitrogen and oxygen atoms in total. The van der Waals surface area contributed by atoms with Crippen molar-refractivity contribution in [1.82, 2.24) is 0 Å². The molecule has 112 valence electrons. The lowest BCUT2D eigenvalue weighted by molar-refractivity contribution is -0.384. The molecule has 0 fully saturated rings. The lowest BCUT2D eigenvalue weighted by Gasteiger charge is -2.17. The number of hydrogen-bond acceptors (Lipinski definition) is 4. The van der Waals surface area contributed by atoms with E-state index in [0.29, 0.717) is 12.3 Å². The first-order valence-electron chi connectivity index (χ1n) is 6.90. The van der Waals surface area contributed by atoms with Crippen LogP contribution in [0.2, 0.25) is 0 Å². The molecule has 2 aromatic rings. The average Bonchev–Trinajstić information content (AvgIpc) is 2.97. The number of para-hydroxylation sites is 1. The highest BCUT2D eigenvalue weighted by Crippen LogP contribution is 2.27. The average molecular weight is 298 g/mol. The normalized spacial score (nSPS) is 12.8. The molecule has 0 bridgehead atoms. The molecule has 6 heteroatoms. The zero-order valence-corrected chi connectivity index (χ0v) is 11.8. The third-order valence-corrected chi connectivity index (χ3v) is 3.60. The number of anilines is 1. The molecular weight excluding hydrogens is 284 g/mol. The van der Waals surface area contributed by atoms with Crippen molar-refractivity contribution in [2.24, 2.45) is 0 Å². The number of benzene rings is 2. The molecule has 1 aliphatic rings. The molecule has 1 heterocycles. The predicted molar refractivity (Wildman–Crippen MR) is 81.1 cm³/mol. The molecule has 0 saturated heterocycles. The third-order valence-electron chi connectivity index (χ3n) is 3.60. The van der Waals surface area contributed by atoms with Gasteiger partial charge in [0.2, 0.25) is 0 Å². The minimum atomic E-state index is -0.476. The van der Waals surface area contributed by atoms with Gasteiger partial charge < -0.3 is 9.64 Å². The first-order valence-corrected chi connectivity index (χ1v) is 6.90. The fraction of sp³-hybridized carbons (Fsp3) is 0.188. The number of nitrogens with zero attached hydrogens (tertiary/aromatic N) is 2.